The van der Waals surface area contributed by atoms with Gasteiger partial charge in [-0.15, -0.1) is 6.42 Å². The van der Waals surface area contributed by atoms with Gasteiger partial charge in [-0.1, -0.05) is 17.5 Å². The smallest absolute Gasteiger partial charge is 0.372 e. The van der Waals surface area contributed by atoms with Crippen molar-refractivity contribution in [2.24, 2.45) is 0 Å². The molecule has 0 aliphatic carbocycles. The van der Waals surface area contributed by atoms with Crippen molar-refractivity contribution in [3.05, 3.63) is 44.2 Å². The van der Waals surface area contributed by atoms with Crippen molar-refractivity contribution in [1.29, 1.82) is 0 Å². The molecule has 0 atom stereocenters. The zero-order chi connectivity index (χ0) is 11.7. The average Bonchev–Trinajstić information content (AvgIpc) is 2.24. The van der Waals surface area contributed by atoms with Gasteiger partial charge in [0.2, 0.25) is 0 Å². The zero-order valence-electron chi connectivity index (χ0n) is 8.07. The fourth-order valence-corrected chi connectivity index (χ4v) is 1.61. The van der Waals surface area contributed by atoms with Crippen LogP contribution in [0.3, 0.4) is 0 Å². The zero-order valence-corrected chi connectivity index (χ0v) is 8.82. The molecule has 0 saturated carbocycles. The lowest BCUT2D eigenvalue weighted by Gasteiger charge is -2.04. The van der Waals surface area contributed by atoms with Crippen LogP contribution in [0.5, 0.6) is 0 Å². The molecule has 80 valence electrons. The molecule has 1 heterocycles. The Bertz CT molecular complexity index is 706. The first kappa shape index (κ1) is 10.5. The molecule has 0 radical (unpaired) electrons. The van der Waals surface area contributed by atoms with Crippen molar-refractivity contribution in [3.63, 3.8) is 0 Å². The summed E-state index contributed by atoms with van der Waals surface area (Å²) in [6.45, 7) is 0.0424. The molecule has 0 aliphatic rings. The maximum Gasteiger partial charge on any atom is 0.423 e. The van der Waals surface area contributed by atoms with Gasteiger partial charge in [-0.25, -0.2) is 9.59 Å². The second-order valence-electron chi connectivity index (χ2n) is 3.11. The van der Waals surface area contributed by atoms with Crippen molar-refractivity contribution in [3.8, 4) is 12.3 Å². The highest BCUT2D eigenvalue weighted by atomic mass is 35.5. The largest absolute Gasteiger partial charge is 0.423 e. The minimum absolute atomic E-state index is 0.0424. The first-order valence-corrected chi connectivity index (χ1v) is 4.78. The van der Waals surface area contributed by atoms with E-state index in [0.29, 0.717) is 10.5 Å². The molecule has 0 unspecified atom stereocenters. The first-order chi connectivity index (χ1) is 7.63. The third-order valence-corrected chi connectivity index (χ3v) is 2.35. The second kappa shape index (κ2) is 3.87. The summed E-state index contributed by atoms with van der Waals surface area (Å²) < 4.78 is 5.73. The summed E-state index contributed by atoms with van der Waals surface area (Å²) in [5.41, 5.74) is -0.292. The van der Waals surface area contributed by atoms with Gasteiger partial charge in [-0.2, -0.15) is 0 Å². The monoisotopic (exact) mass is 235 g/mol. The van der Waals surface area contributed by atoms with Crippen LogP contribution in [0.15, 0.2) is 32.2 Å². The van der Waals surface area contributed by atoms with Crippen LogP contribution < -0.4 is 11.4 Å². The van der Waals surface area contributed by atoms with Crippen molar-refractivity contribution >= 4 is 22.5 Å². The number of halogens is 1. The highest BCUT2D eigenvalue weighted by Gasteiger charge is 2.08. The minimum atomic E-state index is -0.766. The van der Waals surface area contributed by atoms with Gasteiger partial charge in [0.15, 0.2) is 0 Å². The minimum Gasteiger partial charge on any atom is -0.372 e. The van der Waals surface area contributed by atoms with Gasteiger partial charge < -0.3 is 4.42 Å². The van der Waals surface area contributed by atoms with Crippen LogP contribution in [0.4, 0.5) is 0 Å². The average molecular weight is 236 g/mol. The molecule has 0 aliphatic heterocycles. The molecule has 1 aromatic heterocycles. The Hall–Kier alpha value is -1.99. The quantitative estimate of drug-likeness (QED) is 0.699. The summed E-state index contributed by atoms with van der Waals surface area (Å²) in [7, 11) is 0. The fraction of sp³-hybridized carbons (Fsp3) is 0.0909. The topological polar surface area (TPSA) is 52.2 Å². The molecule has 0 N–H and O–H groups in total. The number of hydrogen-bond donors (Lipinski definition) is 0. The summed E-state index contributed by atoms with van der Waals surface area (Å²) in [6.07, 6.45) is 5.13. The maximum absolute atomic E-state index is 11.4. The summed E-state index contributed by atoms with van der Waals surface area (Å²) in [4.78, 5) is 22.8. The number of aromatic nitrogens is 1. The summed E-state index contributed by atoms with van der Waals surface area (Å²) in [6, 6.07) is 4.58. The Balaban J connectivity index is 2.97. The van der Waals surface area contributed by atoms with Crippen molar-refractivity contribution in [2.45, 2.75) is 6.54 Å². The van der Waals surface area contributed by atoms with Gasteiger partial charge in [0.05, 0.1) is 17.4 Å². The molecule has 0 fully saturated rings. The molecule has 4 nitrogen and oxygen atoms in total. The van der Waals surface area contributed by atoms with Crippen LogP contribution >= 0.6 is 11.6 Å². The molecular formula is C11H6ClNO3. The van der Waals surface area contributed by atoms with Gasteiger partial charge in [-0.05, 0) is 18.2 Å². The second-order valence-corrected chi connectivity index (χ2v) is 3.54. The van der Waals surface area contributed by atoms with E-state index in [9.17, 15) is 9.59 Å². The third kappa shape index (κ3) is 1.62. The number of terminal acetylenes is 1. The summed E-state index contributed by atoms with van der Waals surface area (Å²) >= 11 is 5.75. The lowest BCUT2D eigenvalue weighted by molar-refractivity contribution is 0.427. The molecule has 0 bridgehead atoms. The van der Waals surface area contributed by atoms with Crippen molar-refractivity contribution < 1.29 is 4.42 Å². The Labute approximate surface area is 95.1 Å². The van der Waals surface area contributed by atoms with Crippen LogP contribution in [-0.4, -0.2) is 4.57 Å². The lowest BCUT2D eigenvalue weighted by atomic mass is 10.2. The van der Waals surface area contributed by atoms with Crippen LogP contribution in [0.1, 0.15) is 0 Å². The Morgan fingerprint density at radius 2 is 2.19 bits per heavy atom. The van der Waals surface area contributed by atoms with E-state index in [0.717, 1.165) is 0 Å². The number of hydrogen-bond acceptors (Lipinski definition) is 3. The molecule has 0 amide bonds. The Kier molecular flexibility index (Phi) is 2.55. The molecule has 0 spiro atoms. The molecule has 1 aromatic carbocycles. The van der Waals surface area contributed by atoms with Crippen molar-refractivity contribution in [1.82, 2.24) is 4.57 Å². The highest BCUT2D eigenvalue weighted by Crippen LogP contribution is 2.15. The lowest BCUT2D eigenvalue weighted by Crippen LogP contribution is -2.24. The predicted octanol–water partition coefficient (Wildman–Crippen LogP) is 1.24. The van der Waals surface area contributed by atoms with E-state index in [1.165, 1.54) is 10.6 Å². The predicted molar refractivity (Wildman–Crippen MR) is 60.6 cm³/mol. The van der Waals surface area contributed by atoms with E-state index in [1.807, 2.05) is 0 Å². The van der Waals surface area contributed by atoms with Gasteiger partial charge in [-0.3, -0.25) is 4.57 Å². The van der Waals surface area contributed by atoms with Gasteiger partial charge in [0, 0.05) is 5.02 Å². The van der Waals surface area contributed by atoms with E-state index < -0.39 is 11.4 Å². The van der Waals surface area contributed by atoms with E-state index in [-0.39, 0.29) is 11.9 Å². The van der Waals surface area contributed by atoms with Gasteiger partial charge in [0.1, 0.15) is 0 Å². The Morgan fingerprint density at radius 3 is 2.88 bits per heavy atom. The normalized spacial score (nSPS) is 10.2. The number of nitrogens with zero attached hydrogens (tertiary/aromatic N) is 1. The van der Waals surface area contributed by atoms with E-state index in [1.54, 1.807) is 12.1 Å². The van der Waals surface area contributed by atoms with Gasteiger partial charge in [0.25, 0.3) is 0 Å². The van der Waals surface area contributed by atoms with Gasteiger partial charge >= 0.3 is 11.4 Å². The summed E-state index contributed by atoms with van der Waals surface area (Å²) in [5.74, 6) is 1.55. The third-order valence-electron chi connectivity index (χ3n) is 2.12. The molecule has 0 saturated heterocycles. The SMILES string of the molecule is C#CCn1c(=O)oc(=O)c2cc(Cl)ccc21. The van der Waals surface area contributed by atoms with Crippen molar-refractivity contribution in [2.75, 3.05) is 0 Å². The molecule has 5 heteroatoms. The molecular weight excluding hydrogens is 230 g/mol. The first-order valence-electron chi connectivity index (χ1n) is 4.40. The van der Waals surface area contributed by atoms with E-state index >= 15 is 0 Å². The van der Waals surface area contributed by atoms with E-state index in [4.69, 9.17) is 18.0 Å². The van der Waals surface area contributed by atoms with Crippen LogP contribution in [0.2, 0.25) is 5.02 Å². The standard InChI is InChI=1S/C11H6ClNO3/c1-2-5-13-9-4-3-7(12)6-8(9)10(14)16-11(13)15/h1,3-4,6H,5H2. The number of fused-ring (bicyclic) bond motifs is 1. The van der Waals surface area contributed by atoms with Crippen LogP contribution in [0.25, 0.3) is 10.9 Å². The number of rotatable bonds is 1. The molecule has 2 rings (SSSR count). The maximum atomic E-state index is 11.4. The van der Waals surface area contributed by atoms with Crippen LogP contribution in [0, 0.1) is 12.3 Å². The molecule has 16 heavy (non-hydrogen) atoms. The molecule has 2 aromatic rings. The van der Waals surface area contributed by atoms with E-state index in [2.05, 4.69) is 10.3 Å². The summed E-state index contributed by atoms with van der Waals surface area (Å²) in [5, 5.41) is 0.632. The Morgan fingerprint density at radius 1 is 1.44 bits per heavy atom. The van der Waals surface area contributed by atoms with Crippen LogP contribution in [-0.2, 0) is 6.54 Å². The number of benzene rings is 1. The highest BCUT2D eigenvalue weighted by molar-refractivity contribution is 6.31. The fourth-order valence-electron chi connectivity index (χ4n) is 1.44.